The number of imide groups is 1. The molecule has 5 nitrogen and oxygen atoms in total. The van der Waals surface area contributed by atoms with Crippen LogP contribution in [0.4, 0.5) is 4.79 Å². The Hall–Kier alpha value is -1.82. The molecule has 0 bridgehead atoms. The first-order valence-electron chi connectivity index (χ1n) is 8.50. The molecule has 2 fully saturated rings. The Bertz CT molecular complexity index is 608. The number of carbonyl (C=O) groups is 3. The molecule has 0 spiro atoms. The van der Waals surface area contributed by atoms with E-state index < -0.39 is 0 Å². The maximum Gasteiger partial charge on any atom is 0.288 e. The third-order valence-corrected chi connectivity index (χ3v) is 5.57. The minimum atomic E-state index is -0.230. The highest BCUT2D eigenvalue weighted by Crippen LogP contribution is 2.32. The summed E-state index contributed by atoms with van der Waals surface area (Å²) in [5, 5.41) is 2.54. The summed E-state index contributed by atoms with van der Waals surface area (Å²) in [7, 11) is 0. The van der Waals surface area contributed by atoms with Gasteiger partial charge in [-0.15, -0.1) is 0 Å². The first-order chi connectivity index (χ1) is 11.6. The Labute approximate surface area is 146 Å². The van der Waals surface area contributed by atoms with Gasteiger partial charge in [0.25, 0.3) is 11.1 Å². The second-order valence-electron chi connectivity index (χ2n) is 6.31. The van der Waals surface area contributed by atoms with Crippen molar-refractivity contribution >= 4 is 28.8 Å². The van der Waals surface area contributed by atoms with Crippen LogP contribution in [0.2, 0.25) is 0 Å². The molecule has 6 heteroatoms. The average molecular weight is 346 g/mol. The zero-order valence-corrected chi connectivity index (χ0v) is 14.4. The number of benzene rings is 1. The number of nitrogens with one attached hydrogen (secondary N) is 1. The number of carbonyl (C=O) groups excluding carboxylic acids is 3. The van der Waals surface area contributed by atoms with Gasteiger partial charge in [0.05, 0.1) is 5.75 Å². The summed E-state index contributed by atoms with van der Waals surface area (Å²) in [5.41, 5.74) is 1.93. The zero-order valence-electron chi connectivity index (χ0n) is 13.6. The van der Waals surface area contributed by atoms with Crippen LogP contribution in [0, 0.1) is 0 Å². The van der Waals surface area contributed by atoms with Gasteiger partial charge in [-0.2, -0.15) is 0 Å². The normalized spacial score (nSPS) is 18.9. The number of hydrogen-bond acceptors (Lipinski definition) is 4. The van der Waals surface area contributed by atoms with Gasteiger partial charge in [-0.05, 0) is 36.5 Å². The van der Waals surface area contributed by atoms with Gasteiger partial charge in [-0.25, -0.2) is 0 Å². The average Bonchev–Trinajstić information content (AvgIpc) is 2.94. The van der Waals surface area contributed by atoms with Gasteiger partial charge in [0.15, 0.2) is 0 Å². The first-order valence-corrected chi connectivity index (χ1v) is 9.49. The van der Waals surface area contributed by atoms with Gasteiger partial charge in [-0.3, -0.25) is 19.3 Å². The molecule has 1 saturated carbocycles. The summed E-state index contributed by atoms with van der Waals surface area (Å²) in [6.45, 7) is 0.512. The summed E-state index contributed by atoms with van der Waals surface area (Å²) >= 11 is 1.01. The summed E-state index contributed by atoms with van der Waals surface area (Å²) < 4.78 is 0. The maximum absolute atomic E-state index is 12.2. The molecule has 3 amide bonds. The molecular formula is C18H22N2O3S. The molecule has 1 aromatic carbocycles. The van der Waals surface area contributed by atoms with Gasteiger partial charge in [0.2, 0.25) is 5.91 Å². The van der Waals surface area contributed by atoms with E-state index >= 15 is 0 Å². The molecule has 1 heterocycles. The second kappa shape index (κ2) is 7.83. The molecule has 0 aromatic heterocycles. The fourth-order valence-electron chi connectivity index (χ4n) is 3.32. The van der Waals surface area contributed by atoms with E-state index in [1.165, 1.54) is 42.6 Å². The van der Waals surface area contributed by atoms with E-state index in [4.69, 9.17) is 0 Å². The van der Waals surface area contributed by atoms with Gasteiger partial charge in [-0.1, -0.05) is 43.2 Å². The van der Waals surface area contributed by atoms with Gasteiger partial charge in [0, 0.05) is 18.7 Å². The van der Waals surface area contributed by atoms with Crippen molar-refractivity contribution in [2.24, 2.45) is 0 Å². The molecule has 0 radical (unpaired) electrons. The van der Waals surface area contributed by atoms with Crippen molar-refractivity contribution in [2.45, 2.75) is 38.0 Å². The Morgan fingerprint density at radius 1 is 1.12 bits per heavy atom. The van der Waals surface area contributed by atoms with E-state index in [9.17, 15) is 14.4 Å². The summed E-state index contributed by atoms with van der Waals surface area (Å²) in [6.07, 6.45) is 6.39. The van der Waals surface area contributed by atoms with Crippen LogP contribution >= 0.6 is 11.8 Å². The SMILES string of the molecule is O=C(NCCN1C(=O)CSC1=O)c1ccc(C2CCCCC2)cc1. The molecule has 1 aliphatic heterocycles. The Morgan fingerprint density at radius 3 is 2.46 bits per heavy atom. The van der Waals surface area contributed by atoms with Crippen LogP contribution in [0.25, 0.3) is 0 Å². The van der Waals surface area contributed by atoms with E-state index in [0.717, 1.165) is 11.8 Å². The highest BCUT2D eigenvalue weighted by atomic mass is 32.2. The summed E-state index contributed by atoms with van der Waals surface area (Å²) in [6, 6.07) is 7.83. The second-order valence-corrected chi connectivity index (χ2v) is 7.24. The molecule has 1 aromatic rings. The molecule has 1 N–H and O–H groups in total. The first kappa shape index (κ1) is 17.0. The molecule has 0 atom stereocenters. The minimum Gasteiger partial charge on any atom is -0.350 e. The van der Waals surface area contributed by atoms with Gasteiger partial charge < -0.3 is 5.32 Å². The highest BCUT2D eigenvalue weighted by Gasteiger charge is 2.29. The van der Waals surface area contributed by atoms with Crippen molar-refractivity contribution in [3.63, 3.8) is 0 Å². The Balaban J connectivity index is 1.49. The molecular weight excluding hydrogens is 324 g/mol. The third kappa shape index (κ3) is 3.98. The Kier molecular flexibility index (Phi) is 5.56. The van der Waals surface area contributed by atoms with Crippen LogP contribution in [0.5, 0.6) is 0 Å². The molecule has 128 valence electrons. The predicted molar refractivity (Wildman–Crippen MR) is 94.2 cm³/mol. The Morgan fingerprint density at radius 2 is 1.83 bits per heavy atom. The summed E-state index contributed by atoms with van der Waals surface area (Å²) in [5.74, 6) is 0.476. The highest BCUT2D eigenvalue weighted by molar-refractivity contribution is 8.14. The standard InChI is InChI=1S/C18H22N2O3S/c21-16-12-24-18(23)20(16)11-10-19-17(22)15-8-6-14(7-9-15)13-4-2-1-3-5-13/h6-9,13H,1-5,10-12H2,(H,19,22). The van der Waals surface area contributed by atoms with E-state index in [1.807, 2.05) is 12.1 Å². The third-order valence-electron chi connectivity index (χ3n) is 4.71. The van der Waals surface area contributed by atoms with Gasteiger partial charge in [0.1, 0.15) is 0 Å². The van der Waals surface area contributed by atoms with Crippen LogP contribution in [-0.2, 0) is 4.79 Å². The van der Waals surface area contributed by atoms with E-state index in [-0.39, 0.29) is 35.9 Å². The smallest absolute Gasteiger partial charge is 0.288 e. The number of nitrogens with zero attached hydrogens (tertiary/aromatic N) is 1. The fraction of sp³-hybridized carbons (Fsp3) is 0.500. The number of amides is 3. The largest absolute Gasteiger partial charge is 0.350 e. The molecule has 3 rings (SSSR count). The van der Waals surface area contributed by atoms with Crippen molar-refractivity contribution in [1.82, 2.24) is 10.2 Å². The monoisotopic (exact) mass is 346 g/mol. The van der Waals surface area contributed by atoms with Crippen LogP contribution in [0.3, 0.4) is 0 Å². The lowest BCUT2D eigenvalue weighted by Gasteiger charge is -2.22. The quantitative estimate of drug-likeness (QED) is 0.889. The minimum absolute atomic E-state index is 0.169. The van der Waals surface area contributed by atoms with E-state index in [1.54, 1.807) is 0 Å². The van der Waals surface area contributed by atoms with Crippen LogP contribution in [0.1, 0.15) is 53.9 Å². The van der Waals surface area contributed by atoms with E-state index in [2.05, 4.69) is 17.4 Å². The fourth-order valence-corrected chi connectivity index (χ4v) is 4.07. The molecule has 1 aliphatic carbocycles. The van der Waals surface area contributed by atoms with Crippen molar-refractivity contribution in [3.05, 3.63) is 35.4 Å². The van der Waals surface area contributed by atoms with Crippen LogP contribution in [-0.4, -0.2) is 40.8 Å². The molecule has 0 unspecified atom stereocenters. The number of hydrogen-bond donors (Lipinski definition) is 1. The molecule has 24 heavy (non-hydrogen) atoms. The molecule has 2 aliphatic rings. The van der Waals surface area contributed by atoms with Gasteiger partial charge >= 0.3 is 0 Å². The van der Waals surface area contributed by atoms with E-state index in [0.29, 0.717) is 11.5 Å². The topological polar surface area (TPSA) is 66.5 Å². The van der Waals surface area contributed by atoms with Crippen molar-refractivity contribution in [2.75, 3.05) is 18.8 Å². The lowest BCUT2D eigenvalue weighted by atomic mass is 9.84. The predicted octanol–water partition coefficient (Wildman–Crippen LogP) is 3.16. The summed E-state index contributed by atoms with van der Waals surface area (Å²) in [4.78, 5) is 36.3. The van der Waals surface area contributed by atoms with Crippen LogP contribution < -0.4 is 5.32 Å². The lowest BCUT2D eigenvalue weighted by Crippen LogP contribution is -2.37. The molecule has 1 saturated heterocycles. The van der Waals surface area contributed by atoms with Crippen molar-refractivity contribution in [3.8, 4) is 0 Å². The maximum atomic E-state index is 12.2. The zero-order chi connectivity index (χ0) is 16.9. The van der Waals surface area contributed by atoms with Crippen molar-refractivity contribution in [1.29, 1.82) is 0 Å². The number of thioether (sulfide) groups is 1. The van der Waals surface area contributed by atoms with Crippen LogP contribution in [0.15, 0.2) is 24.3 Å². The lowest BCUT2D eigenvalue weighted by molar-refractivity contribution is -0.124. The number of rotatable bonds is 5. The van der Waals surface area contributed by atoms with Crippen molar-refractivity contribution < 1.29 is 14.4 Å².